The van der Waals surface area contributed by atoms with Crippen LogP contribution in [0.5, 0.6) is 0 Å². The summed E-state index contributed by atoms with van der Waals surface area (Å²) >= 11 is 0. The van der Waals surface area contributed by atoms with E-state index >= 15 is 0 Å². The predicted molar refractivity (Wildman–Crippen MR) is 77.2 cm³/mol. The Bertz CT molecular complexity index is 620. The third kappa shape index (κ3) is 2.63. The lowest BCUT2D eigenvalue weighted by Crippen LogP contribution is -2.46. The fourth-order valence-corrected chi connectivity index (χ4v) is 3.31. The number of imide groups is 1. The van der Waals surface area contributed by atoms with E-state index in [1.165, 1.54) is 6.07 Å². The number of hydrogen-bond acceptors (Lipinski definition) is 3. The molecule has 6 heteroatoms. The van der Waals surface area contributed by atoms with Gasteiger partial charge in [-0.05, 0) is 37.4 Å². The van der Waals surface area contributed by atoms with Gasteiger partial charge in [0.05, 0.1) is 18.2 Å². The van der Waals surface area contributed by atoms with Crippen molar-refractivity contribution in [3.63, 3.8) is 0 Å². The molecule has 4 nitrogen and oxygen atoms in total. The second kappa shape index (κ2) is 5.76. The summed E-state index contributed by atoms with van der Waals surface area (Å²) in [6.07, 6.45) is 2.23. The maximum absolute atomic E-state index is 13.4. The van der Waals surface area contributed by atoms with Gasteiger partial charge in [0.25, 0.3) is 5.91 Å². The molecule has 0 N–H and O–H groups in total. The Balaban J connectivity index is 1.83. The number of anilines is 1. The Morgan fingerprint density at radius 2 is 1.95 bits per heavy atom. The molecule has 2 unspecified atom stereocenters. The molecule has 2 heterocycles. The summed E-state index contributed by atoms with van der Waals surface area (Å²) in [6, 6.07) is 2.60. The van der Waals surface area contributed by atoms with Gasteiger partial charge in [-0.15, -0.1) is 0 Å². The topological polar surface area (TPSA) is 40.6 Å². The number of piperidine rings is 1. The van der Waals surface area contributed by atoms with Crippen molar-refractivity contribution in [3.05, 3.63) is 29.8 Å². The lowest BCUT2D eigenvalue weighted by Gasteiger charge is -2.34. The zero-order valence-corrected chi connectivity index (χ0v) is 12.4. The number of halogens is 2. The summed E-state index contributed by atoms with van der Waals surface area (Å²) in [5, 5.41) is 0. The van der Waals surface area contributed by atoms with E-state index in [9.17, 15) is 18.4 Å². The molecule has 1 aromatic carbocycles. The number of nitrogens with zero attached hydrogens (tertiary/aromatic N) is 2. The van der Waals surface area contributed by atoms with Crippen LogP contribution in [0.1, 0.15) is 26.2 Å². The fraction of sp³-hybridized carbons (Fsp3) is 0.500. The molecule has 2 amide bonds. The van der Waals surface area contributed by atoms with Crippen LogP contribution < -0.4 is 4.90 Å². The molecule has 0 aliphatic carbocycles. The van der Waals surface area contributed by atoms with Crippen LogP contribution in [0.4, 0.5) is 14.5 Å². The number of likely N-dealkylation sites (tertiary alicyclic amines) is 1. The second-order valence-corrected chi connectivity index (χ2v) is 6.13. The standard InChI is InChI=1S/C16H18F2N2O2/c1-10-3-2-6-19(9-10)14-8-15(21)20(16(14)22)11-4-5-12(17)13(18)7-11/h4-5,7,10,14H,2-3,6,8-9H2,1H3. The van der Waals surface area contributed by atoms with Gasteiger partial charge in [-0.3, -0.25) is 14.5 Å². The summed E-state index contributed by atoms with van der Waals surface area (Å²) < 4.78 is 26.4. The maximum Gasteiger partial charge on any atom is 0.251 e. The molecule has 2 aliphatic rings. The molecule has 2 atom stereocenters. The van der Waals surface area contributed by atoms with E-state index in [1.54, 1.807) is 0 Å². The molecular formula is C16H18F2N2O2. The van der Waals surface area contributed by atoms with Crippen LogP contribution in [0, 0.1) is 17.6 Å². The number of rotatable bonds is 2. The number of benzene rings is 1. The lowest BCUT2D eigenvalue weighted by molar-refractivity contribution is -0.123. The highest BCUT2D eigenvalue weighted by atomic mass is 19.2. The van der Waals surface area contributed by atoms with Crippen LogP contribution in [0.25, 0.3) is 0 Å². The first-order valence-electron chi connectivity index (χ1n) is 7.53. The Labute approximate surface area is 127 Å². The zero-order chi connectivity index (χ0) is 15.9. The normalized spacial score (nSPS) is 26.8. The van der Waals surface area contributed by atoms with Crippen molar-refractivity contribution in [3.8, 4) is 0 Å². The fourth-order valence-electron chi connectivity index (χ4n) is 3.31. The minimum Gasteiger partial charge on any atom is -0.291 e. The van der Waals surface area contributed by atoms with E-state index in [0.717, 1.165) is 43.0 Å². The highest BCUT2D eigenvalue weighted by Crippen LogP contribution is 2.29. The van der Waals surface area contributed by atoms with Crippen molar-refractivity contribution in [2.45, 2.75) is 32.2 Å². The van der Waals surface area contributed by atoms with Crippen molar-refractivity contribution in [1.82, 2.24) is 4.90 Å². The molecule has 118 valence electrons. The van der Waals surface area contributed by atoms with Gasteiger partial charge in [-0.1, -0.05) is 6.92 Å². The second-order valence-electron chi connectivity index (χ2n) is 6.13. The lowest BCUT2D eigenvalue weighted by atomic mass is 9.98. The van der Waals surface area contributed by atoms with Gasteiger partial charge in [0.1, 0.15) is 0 Å². The largest absolute Gasteiger partial charge is 0.291 e. The minimum atomic E-state index is -1.06. The average Bonchev–Trinajstić information content (AvgIpc) is 2.77. The Morgan fingerprint density at radius 1 is 1.18 bits per heavy atom. The Morgan fingerprint density at radius 3 is 2.64 bits per heavy atom. The van der Waals surface area contributed by atoms with Crippen LogP contribution in [0.15, 0.2) is 18.2 Å². The monoisotopic (exact) mass is 308 g/mol. The summed E-state index contributed by atoms with van der Waals surface area (Å²) in [4.78, 5) is 27.8. The first-order chi connectivity index (χ1) is 10.5. The molecule has 0 radical (unpaired) electrons. The molecule has 22 heavy (non-hydrogen) atoms. The van der Waals surface area contributed by atoms with Crippen LogP contribution in [-0.4, -0.2) is 35.8 Å². The van der Waals surface area contributed by atoms with E-state index in [4.69, 9.17) is 0 Å². The summed E-state index contributed by atoms with van der Waals surface area (Å²) in [6.45, 7) is 3.70. The van der Waals surface area contributed by atoms with Gasteiger partial charge < -0.3 is 0 Å². The molecule has 2 aliphatic heterocycles. The molecule has 0 spiro atoms. The van der Waals surface area contributed by atoms with Crippen molar-refractivity contribution < 1.29 is 18.4 Å². The van der Waals surface area contributed by atoms with E-state index in [-0.39, 0.29) is 23.9 Å². The summed E-state index contributed by atoms with van der Waals surface area (Å²) in [5.74, 6) is -2.27. The Hall–Kier alpha value is -1.82. The van der Waals surface area contributed by atoms with Gasteiger partial charge >= 0.3 is 0 Å². The summed E-state index contributed by atoms with van der Waals surface area (Å²) in [5.41, 5.74) is 0.0986. The van der Waals surface area contributed by atoms with Crippen LogP contribution >= 0.6 is 0 Å². The molecule has 0 saturated carbocycles. The predicted octanol–water partition coefficient (Wildman–Crippen LogP) is 2.33. The number of carbonyl (C=O) groups excluding carboxylic acids is 2. The van der Waals surface area contributed by atoms with Crippen molar-refractivity contribution in [1.29, 1.82) is 0 Å². The molecule has 3 rings (SSSR count). The van der Waals surface area contributed by atoms with E-state index in [1.807, 2.05) is 4.90 Å². The van der Waals surface area contributed by atoms with Gasteiger partial charge in [0, 0.05) is 12.6 Å². The number of carbonyl (C=O) groups is 2. The highest BCUT2D eigenvalue weighted by Gasteiger charge is 2.43. The van der Waals surface area contributed by atoms with Crippen molar-refractivity contribution in [2.24, 2.45) is 5.92 Å². The van der Waals surface area contributed by atoms with Crippen LogP contribution in [-0.2, 0) is 9.59 Å². The molecule has 2 saturated heterocycles. The van der Waals surface area contributed by atoms with E-state index in [2.05, 4.69) is 6.92 Å². The summed E-state index contributed by atoms with van der Waals surface area (Å²) in [7, 11) is 0. The van der Waals surface area contributed by atoms with E-state index < -0.39 is 17.7 Å². The molecule has 0 aromatic heterocycles. The van der Waals surface area contributed by atoms with Crippen LogP contribution in [0.3, 0.4) is 0 Å². The smallest absolute Gasteiger partial charge is 0.251 e. The highest BCUT2D eigenvalue weighted by molar-refractivity contribution is 6.22. The SMILES string of the molecule is CC1CCCN(C2CC(=O)N(c3ccc(F)c(F)c3)C2=O)C1. The molecule has 2 fully saturated rings. The van der Waals surface area contributed by atoms with Crippen LogP contribution in [0.2, 0.25) is 0 Å². The first-order valence-corrected chi connectivity index (χ1v) is 7.53. The van der Waals surface area contributed by atoms with Crippen molar-refractivity contribution >= 4 is 17.5 Å². The molecule has 1 aromatic rings. The van der Waals surface area contributed by atoms with Gasteiger partial charge in [-0.2, -0.15) is 0 Å². The first kappa shape index (κ1) is 15.1. The quantitative estimate of drug-likeness (QED) is 0.787. The third-order valence-corrected chi connectivity index (χ3v) is 4.41. The van der Waals surface area contributed by atoms with Crippen molar-refractivity contribution in [2.75, 3.05) is 18.0 Å². The number of hydrogen-bond donors (Lipinski definition) is 0. The average molecular weight is 308 g/mol. The van der Waals surface area contributed by atoms with E-state index in [0.29, 0.717) is 5.92 Å². The minimum absolute atomic E-state index is 0.0986. The number of amides is 2. The van der Waals surface area contributed by atoms with Gasteiger partial charge in [0.15, 0.2) is 11.6 Å². The molecular weight excluding hydrogens is 290 g/mol. The Kier molecular flexibility index (Phi) is 3.95. The third-order valence-electron chi connectivity index (χ3n) is 4.41. The van der Waals surface area contributed by atoms with Gasteiger partial charge in [0.2, 0.25) is 5.91 Å². The molecule has 0 bridgehead atoms. The van der Waals surface area contributed by atoms with Gasteiger partial charge in [-0.25, -0.2) is 13.7 Å². The zero-order valence-electron chi connectivity index (χ0n) is 12.4. The maximum atomic E-state index is 13.4.